The van der Waals surface area contributed by atoms with Crippen molar-refractivity contribution < 1.29 is 0 Å². The van der Waals surface area contributed by atoms with E-state index < -0.39 is 0 Å². The number of hydrogen-bond acceptors (Lipinski definition) is 5. The molecule has 1 aliphatic rings. The van der Waals surface area contributed by atoms with Gasteiger partial charge in [-0.15, -0.1) is 5.10 Å². The smallest absolute Gasteiger partial charge is 0.159 e. The Morgan fingerprint density at radius 3 is 3.00 bits per heavy atom. The van der Waals surface area contributed by atoms with Gasteiger partial charge in [0, 0.05) is 22.9 Å². The van der Waals surface area contributed by atoms with Gasteiger partial charge in [-0.05, 0) is 60.4 Å². The summed E-state index contributed by atoms with van der Waals surface area (Å²) in [6.45, 7) is 6.29. The number of hydrogen-bond donors (Lipinski definition) is 2. The number of anilines is 1. The van der Waals surface area contributed by atoms with E-state index in [0.717, 1.165) is 35.6 Å². The zero-order valence-corrected chi connectivity index (χ0v) is 14.8. The fourth-order valence-corrected chi connectivity index (χ4v) is 3.52. The molecule has 3 aromatic rings. The number of fused-ring (bicyclic) bond motifs is 1. The summed E-state index contributed by atoms with van der Waals surface area (Å²) in [5.41, 5.74) is 5.82. The number of nitrogens with zero attached hydrogens (tertiary/aromatic N) is 5. The molecule has 7 nitrogen and oxygen atoms in total. The van der Waals surface area contributed by atoms with Crippen LogP contribution in [0.15, 0.2) is 24.4 Å². The molecule has 2 aromatic heterocycles. The quantitative estimate of drug-likeness (QED) is 0.763. The first-order valence-electron chi connectivity index (χ1n) is 8.81. The number of benzene rings is 1. The zero-order chi connectivity index (χ0) is 17.4. The van der Waals surface area contributed by atoms with E-state index in [1.54, 1.807) is 0 Å². The van der Waals surface area contributed by atoms with Gasteiger partial charge >= 0.3 is 0 Å². The number of aromatic amines is 1. The molecule has 2 heterocycles. The molecule has 0 spiro atoms. The van der Waals surface area contributed by atoms with Crippen LogP contribution in [0.4, 0.5) is 5.69 Å². The first kappa shape index (κ1) is 15.8. The molecule has 2 N–H and O–H groups in total. The Bertz CT molecular complexity index is 877. The minimum Gasteiger partial charge on any atom is -0.378 e. The Morgan fingerprint density at radius 1 is 1.32 bits per heavy atom. The minimum atomic E-state index is 0.272. The number of aromatic nitrogens is 6. The summed E-state index contributed by atoms with van der Waals surface area (Å²) >= 11 is 0. The molecule has 1 unspecified atom stereocenters. The molecule has 0 aliphatic heterocycles. The number of H-pyrrole nitrogens is 1. The Labute approximate surface area is 146 Å². The number of tetrazole rings is 1. The van der Waals surface area contributed by atoms with Crippen molar-refractivity contribution in [2.75, 3.05) is 5.32 Å². The molecular weight excluding hydrogens is 314 g/mol. The Balaban J connectivity index is 1.60. The van der Waals surface area contributed by atoms with Gasteiger partial charge < -0.3 is 5.32 Å². The number of rotatable bonds is 4. The SMILES string of the molecule is Cc1cc(NC2CCCc3[nH]ncc32)ccc1-n1nnnc1C(C)C. The van der Waals surface area contributed by atoms with Crippen LogP contribution in [0, 0.1) is 6.92 Å². The highest BCUT2D eigenvalue weighted by Gasteiger charge is 2.22. The highest BCUT2D eigenvalue weighted by molar-refractivity contribution is 5.55. The van der Waals surface area contributed by atoms with E-state index in [9.17, 15) is 0 Å². The largest absolute Gasteiger partial charge is 0.378 e. The van der Waals surface area contributed by atoms with Crippen LogP contribution in [0.3, 0.4) is 0 Å². The Morgan fingerprint density at radius 2 is 2.20 bits per heavy atom. The molecule has 1 atom stereocenters. The minimum absolute atomic E-state index is 0.272. The molecule has 1 aromatic carbocycles. The van der Waals surface area contributed by atoms with Crippen molar-refractivity contribution in [1.29, 1.82) is 0 Å². The van der Waals surface area contributed by atoms with Crippen LogP contribution in [-0.2, 0) is 6.42 Å². The average molecular weight is 337 g/mol. The van der Waals surface area contributed by atoms with Gasteiger partial charge in [0.15, 0.2) is 5.82 Å². The standard InChI is InChI=1S/C18H23N7/c1-11(2)18-22-23-24-25(18)17-8-7-13(9-12(17)3)20-15-5-4-6-16-14(15)10-19-21-16/h7-11,15,20H,4-6H2,1-3H3,(H,19,21). The van der Waals surface area contributed by atoms with Gasteiger partial charge in [0.2, 0.25) is 0 Å². The Kier molecular flexibility index (Phi) is 3.99. The van der Waals surface area contributed by atoms with Crippen LogP contribution in [0.25, 0.3) is 5.69 Å². The maximum Gasteiger partial charge on any atom is 0.159 e. The van der Waals surface area contributed by atoms with Crippen molar-refractivity contribution in [2.24, 2.45) is 0 Å². The predicted octanol–water partition coefficient (Wildman–Crippen LogP) is 3.31. The third-order valence-corrected chi connectivity index (χ3v) is 4.82. The van der Waals surface area contributed by atoms with E-state index >= 15 is 0 Å². The van der Waals surface area contributed by atoms with Crippen LogP contribution in [0.2, 0.25) is 0 Å². The van der Waals surface area contributed by atoms with E-state index in [-0.39, 0.29) is 5.92 Å². The summed E-state index contributed by atoms with van der Waals surface area (Å²) < 4.78 is 1.83. The summed E-state index contributed by atoms with van der Waals surface area (Å²) in [4.78, 5) is 0. The lowest BCUT2D eigenvalue weighted by Crippen LogP contribution is -2.16. The molecular formula is C18H23N7. The fourth-order valence-electron chi connectivity index (χ4n) is 3.52. The van der Waals surface area contributed by atoms with Crippen molar-refractivity contribution in [3.05, 3.63) is 47.0 Å². The molecule has 4 rings (SSSR count). The molecule has 0 radical (unpaired) electrons. The van der Waals surface area contributed by atoms with E-state index in [0.29, 0.717) is 6.04 Å². The molecule has 130 valence electrons. The summed E-state index contributed by atoms with van der Waals surface area (Å²) in [5.74, 6) is 1.15. The number of nitrogens with one attached hydrogen (secondary N) is 2. The maximum absolute atomic E-state index is 4.20. The van der Waals surface area contributed by atoms with Crippen molar-refractivity contribution in [3.63, 3.8) is 0 Å². The zero-order valence-electron chi connectivity index (χ0n) is 14.8. The topological polar surface area (TPSA) is 84.3 Å². The van der Waals surface area contributed by atoms with Gasteiger partial charge in [-0.2, -0.15) is 9.78 Å². The van der Waals surface area contributed by atoms with Gasteiger partial charge in [-0.3, -0.25) is 5.10 Å². The second kappa shape index (κ2) is 6.31. The lowest BCUT2D eigenvalue weighted by Gasteiger charge is -2.24. The van der Waals surface area contributed by atoms with Gasteiger partial charge in [0.25, 0.3) is 0 Å². The molecule has 0 saturated heterocycles. The second-order valence-corrected chi connectivity index (χ2v) is 7.00. The summed E-state index contributed by atoms with van der Waals surface area (Å²) in [6.07, 6.45) is 5.33. The van der Waals surface area contributed by atoms with E-state index in [2.05, 4.69) is 70.0 Å². The average Bonchev–Trinajstić information content (AvgIpc) is 3.24. The van der Waals surface area contributed by atoms with E-state index in [4.69, 9.17) is 0 Å². The van der Waals surface area contributed by atoms with Gasteiger partial charge in [0.05, 0.1) is 17.9 Å². The maximum atomic E-state index is 4.20. The highest BCUT2D eigenvalue weighted by Crippen LogP contribution is 2.32. The first-order valence-corrected chi connectivity index (χ1v) is 8.81. The van der Waals surface area contributed by atoms with Crippen molar-refractivity contribution in [2.45, 2.75) is 52.0 Å². The monoisotopic (exact) mass is 337 g/mol. The van der Waals surface area contributed by atoms with Crippen LogP contribution in [0.5, 0.6) is 0 Å². The molecule has 7 heteroatoms. The molecule has 0 bridgehead atoms. The van der Waals surface area contributed by atoms with E-state index in [1.807, 2.05) is 10.9 Å². The van der Waals surface area contributed by atoms with Crippen LogP contribution < -0.4 is 5.32 Å². The normalized spacial score (nSPS) is 16.9. The van der Waals surface area contributed by atoms with Gasteiger partial charge in [-0.25, -0.2) is 0 Å². The second-order valence-electron chi connectivity index (χ2n) is 7.00. The third kappa shape index (κ3) is 2.90. The third-order valence-electron chi connectivity index (χ3n) is 4.82. The van der Waals surface area contributed by atoms with Crippen LogP contribution in [-0.4, -0.2) is 30.4 Å². The van der Waals surface area contributed by atoms with E-state index in [1.165, 1.54) is 17.7 Å². The van der Waals surface area contributed by atoms with Gasteiger partial charge in [-0.1, -0.05) is 13.8 Å². The molecule has 0 fully saturated rings. The summed E-state index contributed by atoms with van der Waals surface area (Å²) in [5, 5.41) is 23.1. The van der Waals surface area contributed by atoms with Gasteiger partial charge in [0.1, 0.15) is 0 Å². The van der Waals surface area contributed by atoms with Crippen molar-refractivity contribution >= 4 is 5.69 Å². The Hall–Kier alpha value is -2.70. The molecule has 0 saturated carbocycles. The molecule has 0 amide bonds. The lowest BCUT2D eigenvalue weighted by atomic mass is 9.93. The number of aryl methyl sites for hydroxylation is 2. The molecule has 25 heavy (non-hydrogen) atoms. The summed E-state index contributed by atoms with van der Waals surface area (Å²) in [6, 6.07) is 6.66. The fraction of sp³-hybridized carbons (Fsp3) is 0.444. The summed E-state index contributed by atoms with van der Waals surface area (Å²) in [7, 11) is 0. The first-order chi connectivity index (χ1) is 12.1. The van der Waals surface area contributed by atoms with Crippen molar-refractivity contribution in [1.82, 2.24) is 30.4 Å². The van der Waals surface area contributed by atoms with Crippen LogP contribution in [0.1, 0.15) is 61.3 Å². The lowest BCUT2D eigenvalue weighted by molar-refractivity contribution is 0.595. The predicted molar refractivity (Wildman–Crippen MR) is 95.9 cm³/mol. The van der Waals surface area contributed by atoms with Crippen LogP contribution >= 0.6 is 0 Å². The highest BCUT2D eigenvalue weighted by atomic mass is 15.5. The molecule has 1 aliphatic carbocycles. The van der Waals surface area contributed by atoms with Crippen molar-refractivity contribution in [3.8, 4) is 5.69 Å².